The molecule has 1 aliphatic rings. The molecule has 0 bridgehead atoms. The minimum atomic E-state index is -1.03. The molecule has 0 saturated carbocycles. The molecule has 1 aromatic rings. The second-order valence-corrected chi connectivity index (χ2v) is 8.02. The highest BCUT2D eigenvalue weighted by Gasteiger charge is 2.43. The quantitative estimate of drug-likeness (QED) is 0.867. The largest absolute Gasteiger partial charge is 0.394 e. The van der Waals surface area contributed by atoms with E-state index in [1.54, 1.807) is 35.4 Å². The van der Waals surface area contributed by atoms with Gasteiger partial charge in [0.1, 0.15) is 0 Å². The van der Waals surface area contributed by atoms with Gasteiger partial charge in [-0.1, -0.05) is 13.8 Å². The molecule has 23 heavy (non-hydrogen) atoms. The summed E-state index contributed by atoms with van der Waals surface area (Å²) in [6.45, 7) is 4.87. The fourth-order valence-corrected chi connectivity index (χ4v) is 3.90. The molecule has 2 unspecified atom stereocenters. The Balaban J connectivity index is 2.10. The van der Waals surface area contributed by atoms with Gasteiger partial charge in [0.15, 0.2) is 0 Å². The Hall–Kier alpha value is -1.40. The van der Waals surface area contributed by atoms with Crippen molar-refractivity contribution in [1.29, 1.82) is 0 Å². The van der Waals surface area contributed by atoms with Crippen molar-refractivity contribution in [3.05, 3.63) is 24.3 Å². The molecule has 2 atom stereocenters. The minimum Gasteiger partial charge on any atom is -0.394 e. The van der Waals surface area contributed by atoms with E-state index in [2.05, 4.69) is 19.2 Å². The van der Waals surface area contributed by atoms with Gasteiger partial charge in [-0.2, -0.15) is 0 Å². The van der Waals surface area contributed by atoms with E-state index in [-0.39, 0.29) is 12.6 Å². The highest BCUT2D eigenvalue weighted by molar-refractivity contribution is 7.84. The van der Waals surface area contributed by atoms with Crippen molar-refractivity contribution in [2.24, 2.45) is 5.92 Å². The SMILES string of the molecule is CC(C)CC1(CO)CCCN1C(=O)Nc1ccc(S(C)=O)cc1. The fraction of sp³-hybridized carbons (Fsp3) is 0.588. The van der Waals surface area contributed by atoms with Crippen LogP contribution in [0.25, 0.3) is 0 Å². The molecule has 0 aliphatic carbocycles. The van der Waals surface area contributed by atoms with E-state index in [0.29, 0.717) is 18.2 Å². The number of nitrogens with zero attached hydrogens (tertiary/aromatic N) is 1. The smallest absolute Gasteiger partial charge is 0.322 e. The van der Waals surface area contributed by atoms with Crippen LogP contribution >= 0.6 is 0 Å². The normalized spacial score (nSPS) is 22.4. The van der Waals surface area contributed by atoms with Crippen LogP contribution in [0.1, 0.15) is 33.1 Å². The molecule has 1 heterocycles. The van der Waals surface area contributed by atoms with Crippen molar-refractivity contribution in [1.82, 2.24) is 4.90 Å². The Labute approximate surface area is 140 Å². The van der Waals surface area contributed by atoms with Crippen LogP contribution in [-0.4, -0.2) is 45.2 Å². The molecule has 6 heteroatoms. The van der Waals surface area contributed by atoms with Crippen molar-refractivity contribution < 1.29 is 14.1 Å². The van der Waals surface area contributed by atoms with E-state index < -0.39 is 16.3 Å². The first-order valence-corrected chi connectivity index (χ1v) is 9.57. The predicted molar refractivity (Wildman–Crippen MR) is 93.0 cm³/mol. The lowest BCUT2D eigenvalue weighted by molar-refractivity contribution is 0.0728. The Morgan fingerprint density at radius 3 is 2.57 bits per heavy atom. The van der Waals surface area contributed by atoms with Gasteiger partial charge in [-0.3, -0.25) is 4.21 Å². The number of carbonyl (C=O) groups is 1. The first kappa shape index (κ1) is 17.9. The molecule has 0 aromatic heterocycles. The first-order valence-electron chi connectivity index (χ1n) is 8.01. The zero-order valence-electron chi connectivity index (χ0n) is 14.0. The lowest BCUT2D eigenvalue weighted by Gasteiger charge is -2.38. The standard InChI is InChI=1S/C17H26N2O3S/c1-13(2)11-17(12-20)9-4-10-19(17)16(21)18-14-5-7-15(8-6-14)23(3)22/h5-8,13,20H,4,9-12H2,1-3H3,(H,18,21). The van der Waals surface area contributed by atoms with Gasteiger partial charge in [-0.05, 0) is 49.4 Å². The summed E-state index contributed by atoms with van der Waals surface area (Å²) in [4.78, 5) is 15.1. The number of aliphatic hydroxyl groups is 1. The third kappa shape index (κ3) is 4.12. The number of carbonyl (C=O) groups excluding carboxylic acids is 1. The number of rotatable bonds is 5. The number of likely N-dealkylation sites (tertiary alicyclic amines) is 1. The molecule has 0 radical (unpaired) electrons. The maximum atomic E-state index is 12.6. The maximum Gasteiger partial charge on any atom is 0.322 e. The van der Waals surface area contributed by atoms with Crippen LogP contribution in [-0.2, 0) is 10.8 Å². The summed E-state index contributed by atoms with van der Waals surface area (Å²) in [5.41, 5.74) is 0.218. The van der Waals surface area contributed by atoms with E-state index >= 15 is 0 Å². The lowest BCUT2D eigenvalue weighted by Crippen LogP contribution is -2.52. The van der Waals surface area contributed by atoms with E-state index in [1.807, 2.05) is 0 Å². The summed E-state index contributed by atoms with van der Waals surface area (Å²) in [5, 5.41) is 12.8. The number of hydrogen-bond acceptors (Lipinski definition) is 3. The van der Waals surface area contributed by atoms with E-state index in [9.17, 15) is 14.1 Å². The maximum absolute atomic E-state index is 12.6. The molecule has 1 aromatic carbocycles. The van der Waals surface area contributed by atoms with Crippen molar-refractivity contribution >= 4 is 22.5 Å². The summed E-state index contributed by atoms with van der Waals surface area (Å²) in [6.07, 6.45) is 4.17. The highest BCUT2D eigenvalue weighted by Crippen LogP contribution is 2.35. The first-order chi connectivity index (χ1) is 10.9. The fourth-order valence-electron chi connectivity index (χ4n) is 3.38. The third-order valence-corrected chi connectivity index (χ3v) is 5.30. The molecule has 2 rings (SSSR count). The van der Waals surface area contributed by atoms with Crippen LogP contribution in [0.2, 0.25) is 0 Å². The summed E-state index contributed by atoms with van der Waals surface area (Å²) < 4.78 is 11.4. The summed E-state index contributed by atoms with van der Waals surface area (Å²) in [6, 6.07) is 6.84. The van der Waals surface area contributed by atoms with Gasteiger partial charge < -0.3 is 15.3 Å². The molecule has 0 spiro atoms. The number of anilines is 1. The number of urea groups is 1. The van der Waals surface area contributed by atoms with E-state index in [4.69, 9.17) is 0 Å². The topological polar surface area (TPSA) is 69.6 Å². The Morgan fingerprint density at radius 1 is 1.39 bits per heavy atom. The Morgan fingerprint density at radius 2 is 2.04 bits per heavy atom. The van der Waals surface area contributed by atoms with Crippen molar-refractivity contribution in [2.75, 3.05) is 24.7 Å². The van der Waals surface area contributed by atoms with E-state index in [0.717, 1.165) is 24.2 Å². The number of benzene rings is 1. The van der Waals surface area contributed by atoms with Gasteiger partial charge in [0.2, 0.25) is 0 Å². The number of hydrogen-bond donors (Lipinski definition) is 2. The van der Waals surface area contributed by atoms with Gasteiger partial charge >= 0.3 is 6.03 Å². The molecule has 5 nitrogen and oxygen atoms in total. The molecule has 128 valence electrons. The van der Waals surface area contributed by atoms with E-state index in [1.165, 1.54) is 0 Å². The van der Waals surface area contributed by atoms with Gasteiger partial charge in [-0.15, -0.1) is 0 Å². The lowest BCUT2D eigenvalue weighted by atomic mass is 9.87. The molecule has 2 amide bonds. The highest BCUT2D eigenvalue weighted by atomic mass is 32.2. The van der Waals surface area contributed by atoms with Crippen LogP contribution in [0.15, 0.2) is 29.2 Å². The third-order valence-electron chi connectivity index (χ3n) is 4.36. The molecular weight excluding hydrogens is 312 g/mol. The van der Waals surface area contributed by atoms with Crippen LogP contribution in [0.3, 0.4) is 0 Å². The second kappa shape index (κ2) is 7.45. The zero-order chi connectivity index (χ0) is 17.0. The van der Waals surface area contributed by atoms with Crippen molar-refractivity contribution in [3.8, 4) is 0 Å². The molecule has 1 fully saturated rings. The van der Waals surface area contributed by atoms with Gasteiger partial charge in [-0.25, -0.2) is 4.79 Å². The number of aliphatic hydroxyl groups excluding tert-OH is 1. The van der Waals surface area contributed by atoms with Crippen LogP contribution in [0.5, 0.6) is 0 Å². The number of nitrogens with one attached hydrogen (secondary N) is 1. The average Bonchev–Trinajstić information content (AvgIpc) is 2.91. The van der Waals surface area contributed by atoms with Crippen molar-refractivity contribution in [3.63, 3.8) is 0 Å². The second-order valence-electron chi connectivity index (χ2n) is 6.64. The Bertz CT molecular complexity index is 574. The average molecular weight is 338 g/mol. The van der Waals surface area contributed by atoms with Crippen molar-refractivity contribution in [2.45, 2.75) is 43.5 Å². The van der Waals surface area contributed by atoms with Crippen LogP contribution in [0, 0.1) is 5.92 Å². The van der Waals surface area contributed by atoms with Gasteiger partial charge in [0, 0.05) is 34.2 Å². The van der Waals surface area contributed by atoms with Crippen LogP contribution in [0.4, 0.5) is 10.5 Å². The molecule has 1 saturated heterocycles. The molecular formula is C17H26N2O3S. The van der Waals surface area contributed by atoms with Crippen LogP contribution < -0.4 is 5.32 Å². The molecule has 1 aliphatic heterocycles. The summed E-state index contributed by atoms with van der Waals surface area (Å²) in [7, 11) is -1.03. The summed E-state index contributed by atoms with van der Waals surface area (Å²) in [5.74, 6) is 0.411. The molecule has 2 N–H and O–H groups in total. The summed E-state index contributed by atoms with van der Waals surface area (Å²) >= 11 is 0. The number of amides is 2. The monoisotopic (exact) mass is 338 g/mol. The zero-order valence-corrected chi connectivity index (χ0v) is 14.9. The minimum absolute atomic E-state index is 0.00758. The predicted octanol–water partition coefficient (Wildman–Crippen LogP) is 2.83. The van der Waals surface area contributed by atoms with Gasteiger partial charge in [0.05, 0.1) is 12.1 Å². The van der Waals surface area contributed by atoms with Gasteiger partial charge in [0.25, 0.3) is 0 Å². The Kier molecular flexibility index (Phi) is 5.81.